The monoisotopic (exact) mass is 249 g/mol. The van der Waals surface area contributed by atoms with E-state index in [0.717, 1.165) is 0 Å². The Kier molecular flexibility index (Phi) is 4.22. The van der Waals surface area contributed by atoms with Crippen LogP contribution in [0, 0.1) is 0 Å². The van der Waals surface area contributed by atoms with Crippen molar-refractivity contribution in [3.8, 4) is 11.5 Å². The van der Waals surface area contributed by atoms with Gasteiger partial charge in [0.15, 0.2) is 11.5 Å². The number of rotatable bonds is 4. The standard InChI is InChI=1S/C11H14F3NO2/c1-3-17-8-5-4-7(6-9(8)16-2)10(15)11(12,13)14/h4-6,10H,3,15H2,1-2H3/t10-/m0/s1. The topological polar surface area (TPSA) is 44.5 Å². The molecule has 96 valence electrons. The minimum absolute atomic E-state index is 0.0576. The molecule has 0 amide bonds. The Hall–Kier alpha value is -1.43. The van der Waals surface area contributed by atoms with Crippen molar-refractivity contribution < 1.29 is 22.6 Å². The molecule has 0 heterocycles. The minimum atomic E-state index is -4.47. The molecule has 0 aromatic heterocycles. The lowest BCUT2D eigenvalue weighted by molar-refractivity contribution is -0.149. The molecule has 17 heavy (non-hydrogen) atoms. The van der Waals surface area contributed by atoms with Crippen molar-refractivity contribution in [2.75, 3.05) is 13.7 Å². The van der Waals surface area contributed by atoms with E-state index in [9.17, 15) is 13.2 Å². The predicted molar refractivity (Wildman–Crippen MR) is 57.1 cm³/mol. The minimum Gasteiger partial charge on any atom is -0.493 e. The highest BCUT2D eigenvalue weighted by molar-refractivity contribution is 5.44. The van der Waals surface area contributed by atoms with E-state index in [0.29, 0.717) is 12.4 Å². The molecule has 0 aliphatic heterocycles. The average Bonchev–Trinajstić information content (AvgIpc) is 2.28. The van der Waals surface area contributed by atoms with Crippen LogP contribution in [0.15, 0.2) is 18.2 Å². The lowest BCUT2D eigenvalue weighted by Gasteiger charge is -2.17. The number of nitrogens with two attached hydrogens (primary N) is 1. The van der Waals surface area contributed by atoms with E-state index in [1.807, 2.05) is 0 Å². The Morgan fingerprint density at radius 3 is 2.41 bits per heavy atom. The van der Waals surface area contributed by atoms with Gasteiger partial charge in [0.25, 0.3) is 0 Å². The second-order valence-electron chi connectivity index (χ2n) is 3.36. The fraction of sp³-hybridized carbons (Fsp3) is 0.455. The van der Waals surface area contributed by atoms with Gasteiger partial charge in [-0.3, -0.25) is 0 Å². The molecule has 2 N–H and O–H groups in total. The van der Waals surface area contributed by atoms with E-state index in [2.05, 4.69) is 0 Å². The molecule has 1 aromatic carbocycles. The lowest BCUT2D eigenvalue weighted by atomic mass is 10.1. The average molecular weight is 249 g/mol. The molecule has 0 unspecified atom stereocenters. The van der Waals surface area contributed by atoms with E-state index in [-0.39, 0.29) is 11.3 Å². The summed E-state index contributed by atoms with van der Waals surface area (Å²) >= 11 is 0. The van der Waals surface area contributed by atoms with Crippen molar-refractivity contribution in [1.82, 2.24) is 0 Å². The number of benzene rings is 1. The molecule has 0 aliphatic rings. The Bertz CT molecular complexity index is 379. The van der Waals surface area contributed by atoms with Gasteiger partial charge in [-0.15, -0.1) is 0 Å². The fourth-order valence-electron chi connectivity index (χ4n) is 1.34. The maximum atomic E-state index is 12.4. The Morgan fingerprint density at radius 2 is 1.94 bits per heavy atom. The first-order valence-corrected chi connectivity index (χ1v) is 5.03. The van der Waals surface area contributed by atoms with Crippen molar-refractivity contribution in [3.63, 3.8) is 0 Å². The van der Waals surface area contributed by atoms with Crippen LogP contribution in [0.2, 0.25) is 0 Å². The van der Waals surface area contributed by atoms with Gasteiger partial charge in [-0.05, 0) is 24.6 Å². The third-order valence-electron chi connectivity index (χ3n) is 2.20. The molecular formula is C11H14F3NO2. The van der Waals surface area contributed by atoms with Crippen molar-refractivity contribution in [3.05, 3.63) is 23.8 Å². The van der Waals surface area contributed by atoms with Gasteiger partial charge < -0.3 is 15.2 Å². The first-order chi connectivity index (χ1) is 7.90. The van der Waals surface area contributed by atoms with E-state index >= 15 is 0 Å². The van der Waals surface area contributed by atoms with Crippen molar-refractivity contribution in [2.45, 2.75) is 19.1 Å². The van der Waals surface area contributed by atoms with Crippen LogP contribution in [-0.4, -0.2) is 19.9 Å². The van der Waals surface area contributed by atoms with Crippen LogP contribution < -0.4 is 15.2 Å². The highest BCUT2D eigenvalue weighted by atomic mass is 19.4. The second kappa shape index (κ2) is 5.27. The highest BCUT2D eigenvalue weighted by Gasteiger charge is 2.38. The molecule has 0 fully saturated rings. The van der Waals surface area contributed by atoms with Gasteiger partial charge in [0.05, 0.1) is 13.7 Å². The van der Waals surface area contributed by atoms with Crippen LogP contribution in [0.25, 0.3) is 0 Å². The number of methoxy groups -OCH3 is 1. The number of halogens is 3. The molecule has 0 saturated carbocycles. The molecule has 0 saturated heterocycles. The van der Waals surface area contributed by atoms with Crippen LogP contribution in [0.4, 0.5) is 13.2 Å². The largest absolute Gasteiger partial charge is 0.493 e. The lowest BCUT2D eigenvalue weighted by Crippen LogP contribution is -2.28. The molecule has 1 atom stereocenters. The highest BCUT2D eigenvalue weighted by Crippen LogP contribution is 2.35. The van der Waals surface area contributed by atoms with Crippen LogP contribution in [0.3, 0.4) is 0 Å². The summed E-state index contributed by atoms with van der Waals surface area (Å²) in [7, 11) is 1.36. The summed E-state index contributed by atoms with van der Waals surface area (Å²) in [6.07, 6.45) is -4.47. The molecule has 0 bridgehead atoms. The van der Waals surface area contributed by atoms with Crippen LogP contribution in [-0.2, 0) is 0 Å². The Balaban J connectivity index is 3.05. The molecule has 0 aliphatic carbocycles. The molecule has 6 heteroatoms. The second-order valence-corrected chi connectivity index (χ2v) is 3.36. The van der Waals surface area contributed by atoms with E-state index in [4.69, 9.17) is 15.2 Å². The molecule has 1 rings (SSSR count). The first kappa shape index (κ1) is 13.6. The SMILES string of the molecule is CCOc1ccc([C@H](N)C(F)(F)F)cc1OC. The van der Waals surface area contributed by atoms with Gasteiger partial charge in [0.1, 0.15) is 6.04 Å². The molecule has 1 aromatic rings. The predicted octanol–water partition coefficient (Wildman–Crippen LogP) is 2.66. The maximum absolute atomic E-state index is 12.4. The maximum Gasteiger partial charge on any atom is 0.407 e. The number of alkyl halides is 3. The summed E-state index contributed by atoms with van der Waals surface area (Å²) in [5.74, 6) is 0.636. The van der Waals surface area contributed by atoms with Crippen LogP contribution in [0.5, 0.6) is 11.5 Å². The van der Waals surface area contributed by atoms with Crippen LogP contribution >= 0.6 is 0 Å². The Labute approximate surface area is 97.3 Å². The molecule has 0 radical (unpaired) electrons. The fourth-order valence-corrected chi connectivity index (χ4v) is 1.34. The van der Waals surface area contributed by atoms with Crippen molar-refractivity contribution >= 4 is 0 Å². The van der Waals surface area contributed by atoms with E-state index in [1.54, 1.807) is 6.92 Å². The van der Waals surface area contributed by atoms with Gasteiger partial charge in [0, 0.05) is 0 Å². The summed E-state index contributed by atoms with van der Waals surface area (Å²) in [5, 5.41) is 0. The van der Waals surface area contributed by atoms with Gasteiger partial charge >= 0.3 is 6.18 Å². The molecule has 0 spiro atoms. The normalized spacial score (nSPS) is 13.3. The van der Waals surface area contributed by atoms with E-state index < -0.39 is 12.2 Å². The molecular weight excluding hydrogens is 235 g/mol. The zero-order valence-corrected chi connectivity index (χ0v) is 9.54. The first-order valence-electron chi connectivity index (χ1n) is 5.03. The smallest absolute Gasteiger partial charge is 0.407 e. The third kappa shape index (κ3) is 3.26. The van der Waals surface area contributed by atoms with E-state index in [1.165, 1.54) is 25.3 Å². The summed E-state index contributed by atoms with van der Waals surface area (Å²) < 4.78 is 47.4. The Morgan fingerprint density at radius 1 is 1.29 bits per heavy atom. The third-order valence-corrected chi connectivity index (χ3v) is 2.20. The quantitative estimate of drug-likeness (QED) is 0.892. The summed E-state index contributed by atoms with van der Waals surface area (Å²) in [6, 6.07) is 1.92. The summed E-state index contributed by atoms with van der Waals surface area (Å²) in [4.78, 5) is 0. The zero-order chi connectivity index (χ0) is 13.1. The van der Waals surface area contributed by atoms with Gasteiger partial charge in [-0.1, -0.05) is 6.07 Å². The van der Waals surface area contributed by atoms with Crippen molar-refractivity contribution in [1.29, 1.82) is 0 Å². The van der Waals surface area contributed by atoms with Gasteiger partial charge in [-0.2, -0.15) is 13.2 Å². The van der Waals surface area contributed by atoms with Gasteiger partial charge in [-0.25, -0.2) is 0 Å². The number of hydrogen-bond donors (Lipinski definition) is 1. The van der Waals surface area contributed by atoms with Crippen LogP contribution in [0.1, 0.15) is 18.5 Å². The summed E-state index contributed by atoms with van der Waals surface area (Å²) in [6.45, 7) is 2.18. The van der Waals surface area contributed by atoms with Crippen molar-refractivity contribution in [2.24, 2.45) is 5.73 Å². The number of hydrogen-bond acceptors (Lipinski definition) is 3. The summed E-state index contributed by atoms with van der Waals surface area (Å²) in [5.41, 5.74) is 5.04. The zero-order valence-electron chi connectivity index (χ0n) is 9.54. The molecule has 3 nitrogen and oxygen atoms in total. The number of ether oxygens (including phenoxy) is 2. The van der Waals surface area contributed by atoms with Gasteiger partial charge in [0.2, 0.25) is 0 Å².